The van der Waals surface area contributed by atoms with E-state index in [9.17, 15) is 8.42 Å². The van der Waals surface area contributed by atoms with E-state index in [1.165, 1.54) is 4.88 Å². The van der Waals surface area contributed by atoms with Crippen molar-refractivity contribution in [2.24, 2.45) is 0 Å². The molecule has 0 amide bonds. The highest BCUT2D eigenvalue weighted by Gasteiger charge is 2.26. The quantitative estimate of drug-likeness (QED) is 0.681. The summed E-state index contributed by atoms with van der Waals surface area (Å²) in [5.74, 6) is 0.810. The largest absolute Gasteiger partial charge is 0.365 e. The summed E-state index contributed by atoms with van der Waals surface area (Å²) in [6.45, 7) is 3.95. The van der Waals surface area contributed by atoms with Gasteiger partial charge in [0.25, 0.3) is 0 Å². The molecule has 27 heavy (non-hydrogen) atoms. The van der Waals surface area contributed by atoms with Crippen LogP contribution in [0.3, 0.4) is 0 Å². The summed E-state index contributed by atoms with van der Waals surface area (Å²) in [6.07, 6.45) is 4.44. The summed E-state index contributed by atoms with van der Waals surface area (Å²) >= 11 is 1.69. The van der Waals surface area contributed by atoms with E-state index in [0.717, 1.165) is 40.9 Å². The van der Waals surface area contributed by atoms with Gasteiger partial charge in [-0.05, 0) is 43.0 Å². The van der Waals surface area contributed by atoms with Crippen LogP contribution in [0, 0.1) is 0 Å². The summed E-state index contributed by atoms with van der Waals surface area (Å²) in [4.78, 5) is 11.3. The molecule has 0 saturated carbocycles. The maximum atomic E-state index is 12.6. The standard InChI is InChI=1S/C19H22N4O2S2/c1-2-15-11-17-18(21-13-22-19(17)26-15)20-12-14-5-7-16(8-6-14)27(24,25)23-9-3-4-10-23/h5-8,11,13H,2-4,9-10,12H2,1H3,(H,20,21,22). The number of benzene rings is 1. The average molecular weight is 403 g/mol. The second kappa shape index (κ2) is 7.53. The molecule has 2 aromatic heterocycles. The Bertz CT molecular complexity index is 1040. The van der Waals surface area contributed by atoms with Crippen molar-refractivity contribution in [3.8, 4) is 0 Å². The molecule has 1 aliphatic rings. The second-order valence-corrected chi connectivity index (χ2v) is 9.67. The second-order valence-electron chi connectivity index (χ2n) is 6.62. The topological polar surface area (TPSA) is 75.2 Å². The zero-order valence-corrected chi connectivity index (χ0v) is 16.8. The summed E-state index contributed by atoms with van der Waals surface area (Å²) in [6, 6.07) is 9.24. The first-order valence-electron chi connectivity index (χ1n) is 9.14. The average Bonchev–Trinajstić information content (AvgIpc) is 3.36. The van der Waals surface area contributed by atoms with Crippen molar-refractivity contribution in [1.82, 2.24) is 14.3 Å². The summed E-state index contributed by atoms with van der Waals surface area (Å²) in [7, 11) is -3.36. The van der Waals surface area contributed by atoms with Crippen molar-refractivity contribution in [3.63, 3.8) is 0 Å². The molecule has 1 fully saturated rings. The number of nitrogens with one attached hydrogen (secondary N) is 1. The molecular weight excluding hydrogens is 380 g/mol. The van der Waals surface area contributed by atoms with Crippen LogP contribution in [0.4, 0.5) is 5.82 Å². The number of rotatable bonds is 6. The Morgan fingerprint density at radius 3 is 2.59 bits per heavy atom. The SMILES string of the molecule is CCc1cc2c(NCc3ccc(S(=O)(=O)N4CCCC4)cc3)ncnc2s1. The van der Waals surface area contributed by atoms with Crippen LogP contribution < -0.4 is 5.32 Å². The first kappa shape index (κ1) is 18.3. The number of hydrogen-bond acceptors (Lipinski definition) is 6. The van der Waals surface area contributed by atoms with Crippen LogP contribution in [0.1, 0.15) is 30.2 Å². The first-order chi connectivity index (χ1) is 13.1. The van der Waals surface area contributed by atoms with Crippen LogP contribution in [-0.4, -0.2) is 35.8 Å². The number of fused-ring (bicyclic) bond motifs is 1. The van der Waals surface area contributed by atoms with Gasteiger partial charge in [0.2, 0.25) is 10.0 Å². The van der Waals surface area contributed by atoms with Crippen LogP contribution in [-0.2, 0) is 23.0 Å². The van der Waals surface area contributed by atoms with Crippen LogP contribution in [0.2, 0.25) is 0 Å². The Hall–Kier alpha value is -2.03. The van der Waals surface area contributed by atoms with Gasteiger partial charge in [0, 0.05) is 24.5 Å². The summed E-state index contributed by atoms with van der Waals surface area (Å²) in [5.41, 5.74) is 1.01. The van der Waals surface area contributed by atoms with E-state index in [4.69, 9.17) is 0 Å². The smallest absolute Gasteiger partial charge is 0.243 e. The van der Waals surface area contributed by atoms with E-state index < -0.39 is 10.0 Å². The lowest BCUT2D eigenvalue weighted by Crippen LogP contribution is -2.27. The van der Waals surface area contributed by atoms with E-state index in [-0.39, 0.29) is 0 Å². The van der Waals surface area contributed by atoms with Gasteiger partial charge >= 0.3 is 0 Å². The molecular formula is C19H22N4O2S2. The van der Waals surface area contributed by atoms with Crippen molar-refractivity contribution in [1.29, 1.82) is 0 Å². The van der Waals surface area contributed by atoms with Gasteiger partial charge in [0.15, 0.2) is 0 Å². The van der Waals surface area contributed by atoms with Gasteiger partial charge in [0.05, 0.1) is 10.3 Å². The third-order valence-electron chi connectivity index (χ3n) is 4.82. The predicted molar refractivity (Wildman–Crippen MR) is 109 cm³/mol. The highest BCUT2D eigenvalue weighted by Crippen LogP contribution is 2.28. The molecule has 0 bridgehead atoms. The normalized spacial score (nSPS) is 15.4. The van der Waals surface area contributed by atoms with E-state index in [1.807, 2.05) is 12.1 Å². The Labute approximate surface area is 163 Å². The molecule has 1 N–H and O–H groups in total. The molecule has 6 nitrogen and oxygen atoms in total. The van der Waals surface area contributed by atoms with Crippen molar-refractivity contribution in [2.75, 3.05) is 18.4 Å². The van der Waals surface area contributed by atoms with E-state index in [2.05, 4.69) is 28.3 Å². The van der Waals surface area contributed by atoms with Gasteiger partial charge in [-0.3, -0.25) is 0 Å². The molecule has 1 saturated heterocycles. The Morgan fingerprint density at radius 2 is 1.89 bits per heavy atom. The predicted octanol–water partition coefficient (Wildman–Crippen LogP) is 3.65. The molecule has 0 atom stereocenters. The van der Waals surface area contributed by atoms with E-state index in [1.54, 1.807) is 34.1 Å². The maximum absolute atomic E-state index is 12.6. The molecule has 0 aliphatic carbocycles. The number of aromatic nitrogens is 2. The van der Waals surface area contributed by atoms with Crippen molar-refractivity contribution < 1.29 is 8.42 Å². The summed E-state index contributed by atoms with van der Waals surface area (Å²) < 4.78 is 26.8. The van der Waals surface area contributed by atoms with Gasteiger partial charge in [-0.2, -0.15) is 4.31 Å². The molecule has 3 aromatic rings. The molecule has 0 spiro atoms. The number of thiophene rings is 1. The highest BCUT2D eigenvalue weighted by molar-refractivity contribution is 7.89. The Morgan fingerprint density at radius 1 is 1.15 bits per heavy atom. The Kier molecular flexibility index (Phi) is 5.12. The number of anilines is 1. The minimum absolute atomic E-state index is 0.364. The fourth-order valence-corrected chi connectivity index (χ4v) is 5.72. The zero-order valence-electron chi connectivity index (χ0n) is 15.2. The van der Waals surface area contributed by atoms with Gasteiger partial charge in [-0.1, -0.05) is 19.1 Å². The lowest BCUT2D eigenvalue weighted by Gasteiger charge is -2.15. The number of sulfonamides is 1. The monoisotopic (exact) mass is 402 g/mol. The van der Waals surface area contributed by atoms with Crippen molar-refractivity contribution in [3.05, 3.63) is 47.1 Å². The number of hydrogen-bond donors (Lipinski definition) is 1. The molecule has 142 valence electrons. The maximum Gasteiger partial charge on any atom is 0.243 e. The third kappa shape index (κ3) is 3.69. The fraction of sp³-hybridized carbons (Fsp3) is 0.368. The molecule has 1 aliphatic heterocycles. The first-order valence-corrected chi connectivity index (χ1v) is 11.4. The Balaban J connectivity index is 1.49. The van der Waals surface area contributed by atoms with Crippen LogP contribution >= 0.6 is 11.3 Å². The van der Waals surface area contributed by atoms with Crippen LogP contribution in [0.15, 0.2) is 41.6 Å². The summed E-state index contributed by atoms with van der Waals surface area (Å²) in [5, 5.41) is 4.39. The molecule has 8 heteroatoms. The lowest BCUT2D eigenvalue weighted by molar-refractivity contribution is 0.477. The van der Waals surface area contributed by atoms with Gasteiger partial charge in [-0.15, -0.1) is 11.3 Å². The van der Waals surface area contributed by atoms with Gasteiger partial charge in [0.1, 0.15) is 17.0 Å². The molecule has 0 unspecified atom stereocenters. The fourth-order valence-electron chi connectivity index (χ4n) is 3.26. The van der Waals surface area contributed by atoms with Crippen LogP contribution in [0.5, 0.6) is 0 Å². The van der Waals surface area contributed by atoms with E-state index >= 15 is 0 Å². The highest BCUT2D eigenvalue weighted by atomic mass is 32.2. The molecule has 1 aromatic carbocycles. The molecule has 4 rings (SSSR count). The minimum Gasteiger partial charge on any atom is -0.365 e. The molecule has 0 radical (unpaired) electrons. The van der Waals surface area contributed by atoms with E-state index in [0.29, 0.717) is 24.5 Å². The van der Waals surface area contributed by atoms with Crippen LogP contribution in [0.25, 0.3) is 10.2 Å². The van der Waals surface area contributed by atoms with Crippen molar-refractivity contribution in [2.45, 2.75) is 37.6 Å². The molecule has 3 heterocycles. The minimum atomic E-state index is -3.36. The third-order valence-corrected chi connectivity index (χ3v) is 7.92. The number of aryl methyl sites for hydroxylation is 1. The van der Waals surface area contributed by atoms with Gasteiger partial charge in [-0.25, -0.2) is 18.4 Å². The lowest BCUT2D eigenvalue weighted by atomic mass is 10.2. The zero-order chi connectivity index (χ0) is 18.9. The van der Waals surface area contributed by atoms with Gasteiger partial charge < -0.3 is 5.32 Å². The number of nitrogens with zero attached hydrogens (tertiary/aromatic N) is 3. The van der Waals surface area contributed by atoms with Crippen molar-refractivity contribution >= 4 is 37.4 Å².